The summed E-state index contributed by atoms with van der Waals surface area (Å²) in [6.45, 7) is 2.01. The monoisotopic (exact) mass is 688 g/mol. The molecule has 48 heavy (non-hydrogen) atoms. The summed E-state index contributed by atoms with van der Waals surface area (Å²) < 4.78 is 37.6. The minimum absolute atomic E-state index is 0.0184. The average molecular weight is 689 g/mol. The van der Waals surface area contributed by atoms with E-state index in [9.17, 15) is 55.5 Å². The van der Waals surface area contributed by atoms with Crippen molar-refractivity contribution in [2.75, 3.05) is 26.9 Å². The summed E-state index contributed by atoms with van der Waals surface area (Å²) in [6.07, 6.45) is -14.9. The van der Waals surface area contributed by atoms with Crippen LogP contribution in [0.4, 0.5) is 0 Å². The van der Waals surface area contributed by atoms with Gasteiger partial charge >= 0.3 is 11.9 Å². The summed E-state index contributed by atoms with van der Waals surface area (Å²) in [5, 5.41) is 90.5. The Morgan fingerprint density at radius 3 is 2.04 bits per heavy atom. The second-order valence-electron chi connectivity index (χ2n) is 11.2. The lowest BCUT2D eigenvalue weighted by molar-refractivity contribution is -0.339. The molecule has 0 spiro atoms. The molecule has 0 radical (unpaired) electrons. The van der Waals surface area contributed by atoms with Gasteiger partial charge in [0.1, 0.15) is 54.4 Å². The molecule has 9 N–H and O–H groups in total. The molecular formula is C30H40O18. The highest BCUT2D eigenvalue weighted by molar-refractivity contribution is 5.93. The minimum atomic E-state index is -1.78. The number of aliphatic hydroxyl groups excluding tert-OH is 8. The maximum Gasteiger partial charge on any atom is 0.342 e. The molecule has 18 heteroatoms. The first-order chi connectivity index (χ1) is 22.9. The first-order valence-electron chi connectivity index (χ1n) is 14.9. The van der Waals surface area contributed by atoms with Crippen molar-refractivity contribution in [3.05, 3.63) is 48.3 Å². The van der Waals surface area contributed by atoms with Crippen LogP contribution >= 0.6 is 0 Å². The van der Waals surface area contributed by atoms with Crippen LogP contribution in [0.1, 0.15) is 16.8 Å². The van der Waals surface area contributed by atoms with Crippen molar-refractivity contribution in [3.8, 4) is 11.5 Å². The van der Waals surface area contributed by atoms with Gasteiger partial charge in [0.05, 0.1) is 38.8 Å². The normalized spacial score (nSPS) is 36.7. The molecular weight excluding hydrogens is 648 g/mol. The van der Waals surface area contributed by atoms with Gasteiger partial charge in [-0.2, -0.15) is 0 Å². The van der Waals surface area contributed by atoms with Gasteiger partial charge in [0, 0.05) is 11.8 Å². The standard InChI is InChI=1S/C30H40O18/c1-3-12-13(15(26(40)42-2)11-44-28(12)48-30-25(39)23(37)21(35)18(10-32)47-30)7-8-43-27(41)14-5-4-6-16(19(14)33)45-29-24(38)22(36)20(34)17(9-31)46-29/h3-6,11-13,17-18,20-25,28-39H,1,7-10H2,2H3/t12-,13+,17+,18-,20-,21-,22+,23+,24+,25-,28+,29-,30+/m1/s1. The van der Waals surface area contributed by atoms with E-state index in [2.05, 4.69) is 6.58 Å². The molecule has 3 aliphatic rings. The average Bonchev–Trinajstić information content (AvgIpc) is 3.09. The second-order valence-corrected chi connectivity index (χ2v) is 11.2. The van der Waals surface area contributed by atoms with E-state index in [0.717, 1.165) is 13.4 Å². The van der Waals surface area contributed by atoms with Gasteiger partial charge in [-0.1, -0.05) is 12.1 Å². The largest absolute Gasteiger partial charge is 0.504 e. The number of carbonyl (C=O) groups excluding carboxylic acids is 2. The van der Waals surface area contributed by atoms with Crippen LogP contribution in [0.15, 0.2) is 42.7 Å². The van der Waals surface area contributed by atoms with Crippen LogP contribution in [0.3, 0.4) is 0 Å². The van der Waals surface area contributed by atoms with Gasteiger partial charge in [0.15, 0.2) is 17.8 Å². The smallest absolute Gasteiger partial charge is 0.342 e. The summed E-state index contributed by atoms with van der Waals surface area (Å²) in [7, 11) is 1.14. The number of hydrogen-bond acceptors (Lipinski definition) is 18. The van der Waals surface area contributed by atoms with Gasteiger partial charge in [0.2, 0.25) is 12.6 Å². The van der Waals surface area contributed by atoms with E-state index >= 15 is 0 Å². The molecule has 1 aromatic carbocycles. The fourth-order valence-electron chi connectivity index (χ4n) is 5.52. The summed E-state index contributed by atoms with van der Waals surface area (Å²) >= 11 is 0. The molecule has 0 aromatic heterocycles. The first kappa shape index (κ1) is 37.4. The summed E-state index contributed by atoms with van der Waals surface area (Å²) in [5.41, 5.74) is -0.346. The van der Waals surface area contributed by atoms with E-state index in [-0.39, 0.29) is 29.9 Å². The Balaban J connectivity index is 1.45. The highest BCUT2D eigenvalue weighted by atomic mass is 16.8. The summed E-state index contributed by atoms with van der Waals surface area (Å²) in [4.78, 5) is 25.6. The van der Waals surface area contributed by atoms with Crippen molar-refractivity contribution >= 4 is 11.9 Å². The fraction of sp³-hybridized carbons (Fsp3) is 0.600. The zero-order valence-electron chi connectivity index (χ0n) is 25.6. The third-order valence-electron chi connectivity index (χ3n) is 8.29. The number of carbonyl (C=O) groups is 2. The molecule has 0 unspecified atom stereocenters. The molecule has 3 heterocycles. The predicted molar refractivity (Wildman–Crippen MR) is 154 cm³/mol. The number of hydrogen-bond donors (Lipinski definition) is 9. The number of phenolic OH excluding ortho intramolecular Hbond substituents is 1. The molecule has 13 atom stereocenters. The van der Waals surface area contributed by atoms with Gasteiger partial charge < -0.3 is 79.1 Å². The molecule has 0 bridgehead atoms. The number of para-hydroxylation sites is 1. The van der Waals surface area contributed by atoms with Crippen LogP contribution in [0.2, 0.25) is 0 Å². The second kappa shape index (κ2) is 16.3. The number of methoxy groups -OCH3 is 1. The van der Waals surface area contributed by atoms with Gasteiger partial charge in [0.25, 0.3) is 0 Å². The molecule has 1 aromatic rings. The predicted octanol–water partition coefficient (Wildman–Crippen LogP) is -3.23. The van der Waals surface area contributed by atoms with E-state index in [0.29, 0.717) is 0 Å². The van der Waals surface area contributed by atoms with Crippen LogP contribution in [-0.2, 0) is 33.2 Å². The van der Waals surface area contributed by atoms with Crippen molar-refractivity contribution in [2.45, 2.75) is 74.1 Å². The van der Waals surface area contributed by atoms with Gasteiger partial charge in [-0.3, -0.25) is 0 Å². The third-order valence-corrected chi connectivity index (χ3v) is 8.29. The lowest BCUT2D eigenvalue weighted by atomic mass is 9.82. The number of esters is 2. The molecule has 4 rings (SSSR count). The van der Waals surface area contributed by atoms with Crippen LogP contribution in [0, 0.1) is 11.8 Å². The van der Waals surface area contributed by atoms with E-state index in [1.165, 1.54) is 24.3 Å². The van der Waals surface area contributed by atoms with E-state index < -0.39 is 110 Å². The van der Waals surface area contributed by atoms with Gasteiger partial charge in [-0.05, 0) is 18.6 Å². The minimum Gasteiger partial charge on any atom is -0.504 e. The van der Waals surface area contributed by atoms with E-state index in [4.69, 9.17) is 33.2 Å². The molecule has 0 saturated carbocycles. The van der Waals surface area contributed by atoms with Crippen LogP contribution < -0.4 is 4.74 Å². The Morgan fingerprint density at radius 1 is 0.854 bits per heavy atom. The van der Waals surface area contributed by atoms with Crippen molar-refractivity contribution < 1.29 is 88.7 Å². The maximum atomic E-state index is 13.0. The molecule has 2 fully saturated rings. The topological polar surface area (TPSA) is 281 Å². The Kier molecular flexibility index (Phi) is 12.7. The Morgan fingerprint density at radius 2 is 1.46 bits per heavy atom. The van der Waals surface area contributed by atoms with Crippen molar-refractivity contribution in [2.24, 2.45) is 11.8 Å². The van der Waals surface area contributed by atoms with Crippen LogP contribution in [-0.4, -0.2) is 153 Å². The molecule has 3 aliphatic heterocycles. The number of aliphatic hydroxyl groups is 8. The van der Waals surface area contributed by atoms with E-state index in [1.807, 2.05) is 0 Å². The van der Waals surface area contributed by atoms with Crippen LogP contribution in [0.25, 0.3) is 0 Å². The number of rotatable bonds is 12. The van der Waals surface area contributed by atoms with Gasteiger partial charge in [-0.15, -0.1) is 6.58 Å². The highest BCUT2D eigenvalue weighted by Gasteiger charge is 2.48. The van der Waals surface area contributed by atoms with Crippen LogP contribution in [0.5, 0.6) is 11.5 Å². The number of ether oxygens (including phenoxy) is 7. The van der Waals surface area contributed by atoms with Gasteiger partial charge in [-0.25, -0.2) is 9.59 Å². The summed E-state index contributed by atoms with van der Waals surface area (Å²) in [5.74, 6) is -4.54. The highest BCUT2D eigenvalue weighted by Crippen LogP contribution is 2.38. The number of phenols is 1. The van der Waals surface area contributed by atoms with Crippen molar-refractivity contribution in [1.29, 1.82) is 0 Å². The quantitative estimate of drug-likeness (QED) is 0.0771. The first-order valence-corrected chi connectivity index (χ1v) is 14.9. The Labute approximate surface area is 273 Å². The fourth-order valence-corrected chi connectivity index (χ4v) is 5.52. The van der Waals surface area contributed by atoms with Crippen molar-refractivity contribution in [1.82, 2.24) is 0 Å². The zero-order valence-corrected chi connectivity index (χ0v) is 25.6. The third kappa shape index (κ3) is 7.74. The zero-order chi connectivity index (χ0) is 35.3. The number of aromatic hydroxyl groups is 1. The van der Waals surface area contributed by atoms with E-state index in [1.54, 1.807) is 0 Å². The SMILES string of the molecule is C=C[C@H]1[C@H](O[C@@H]2O[C@H](CO)[C@@H](O)[C@H](O)[C@H]2O)OC=C(C(=O)OC)[C@H]1CCOC(=O)c1cccc(O[C@@H]2O[C@@H](CO)[C@@H](O)[C@H](O)[C@@H]2O)c1O. The van der Waals surface area contributed by atoms with Crippen molar-refractivity contribution in [3.63, 3.8) is 0 Å². The lowest BCUT2D eigenvalue weighted by Gasteiger charge is -2.43. The number of benzene rings is 1. The molecule has 18 nitrogen and oxygen atoms in total. The molecule has 0 amide bonds. The lowest BCUT2D eigenvalue weighted by Crippen LogP contribution is -2.60. The molecule has 268 valence electrons. The summed E-state index contributed by atoms with van der Waals surface area (Å²) in [6, 6.07) is 3.76. The Hall–Kier alpha value is -3.40. The maximum absolute atomic E-state index is 13.0. The Bertz CT molecular complexity index is 1300. The molecule has 2 saturated heterocycles. The molecule has 0 aliphatic carbocycles.